The maximum absolute atomic E-state index is 10.3. The average molecular weight is 818 g/mol. The summed E-state index contributed by atoms with van der Waals surface area (Å²) in [5.41, 5.74) is 6.39. The first-order chi connectivity index (χ1) is 28.6. The lowest BCUT2D eigenvalue weighted by Crippen LogP contribution is -2.19. The molecule has 0 bridgehead atoms. The molecule has 0 aromatic carbocycles. The van der Waals surface area contributed by atoms with Crippen LogP contribution in [0.2, 0.25) is 0 Å². The number of hydrogen-bond donors (Lipinski definition) is 2. The summed E-state index contributed by atoms with van der Waals surface area (Å²) < 4.78 is 0. The summed E-state index contributed by atoms with van der Waals surface area (Å²) in [7, 11) is 0. The molecule has 0 aliphatic rings. The summed E-state index contributed by atoms with van der Waals surface area (Å²) in [5.74, 6) is -0.664. The fourth-order valence-corrected chi connectivity index (χ4v) is 8.40. The van der Waals surface area contributed by atoms with E-state index in [4.69, 9.17) is 10.8 Å². The number of nitrogens with two attached hydrogens (primary N) is 1. The Morgan fingerprint density at radius 1 is 0.345 bits per heavy atom. The molecule has 0 spiro atoms. The monoisotopic (exact) mass is 818 g/mol. The summed E-state index contributed by atoms with van der Waals surface area (Å²) >= 11 is 0. The van der Waals surface area contributed by atoms with Crippen LogP contribution in [0.4, 0.5) is 0 Å². The number of rotatable bonds is 49. The van der Waals surface area contributed by atoms with Crippen LogP contribution in [0.15, 0.2) is 12.2 Å². The van der Waals surface area contributed by atoms with Crippen LogP contribution in [0, 0.1) is 0 Å². The maximum Gasteiger partial charge on any atom is 0.303 e. The molecule has 3 N–H and O–H groups in total. The van der Waals surface area contributed by atoms with E-state index in [2.05, 4.69) is 32.9 Å². The molecule has 0 heterocycles. The highest BCUT2D eigenvalue weighted by Gasteiger charge is 2.03. The van der Waals surface area contributed by atoms with Crippen LogP contribution in [-0.4, -0.2) is 17.1 Å². The largest absolute Gasteiger partial charge is 0.481 e. The van der Waals surface area contributed by atoms with Gasteiger partial charge in [0.1, 0.15) is 0 Å². The van der Waals surface area contributed by atoms with Gasteiger partial charge in [-0.3, -0.25) is 4.79 Å². The zero-order valence-electron chi connectivity index (χ0n) is 40.6. The van der Waals surface area contributed by atoms with Crippen LogP contribution in [0.3, 0.4) is 0 Å². The second kappa shape index (κ2) is 56.2. The molecule has 0 rings (SSSR count). The van der Waals surface area contributed by atoms with E-state index in [0.717, 1.165) is 12.8 Å². The van der Waals surface area contributed by atoms with Crippen LogP contribution in [0.5, 0.6) is 0 Å². The fraction of sp³-hybridized carbons (Fsp3) is 0.945. The first-order valence-electron chi connectivity index (χ1n) is 27.2. The van der Waals surface area contributed by atoms with Crippen LogP contribution in [0.1, 0.15) is 329 Å². The molecule has 3 nitrogen and oxygen atoms in total. The Morgan fingerprint density at radius 2 is 0.552 bits per heavy atom. The summed E-state index contributed by atoms with van der Waals surface area (Å²) in [5, 5.41) is 8.51. The van der Waals surface area contributed by atoms with Gasteiger partial charge in [0.25, 0.3) is 0 Å². The minimum Gasteiger partial charge on any atom is -0.481 e. The van der Waals surface area contributed by atoms with E-state index in [1.54, 1.807) is 0 Å². The molecular formula is C55H111NO2. The Kier molecular flexibility index (Phi) is 57.4. The van der Waals surface area contributed by atoms with Crippen molar-refractivity contribution in [2.45, 2.75) is 335 Å². The van der Waals surface area contributed by atoms with Crippen molar-refractivity contribution in [3.05, 3.63) is 12.2 Å². The Labute approximate surface area is 367 Å². The molecule has 0 atom stereocenters. The number of unbranched alkanes of at least 4 members (excludes halogenated alkanes) is 41. The highest BCUT2D eigenvalue weighted by Crippen LogP contribution is 2.17. The highest BCUT2D eigenvalue weighted by atomic mass is 16.4. The molecule has 3 heteroatoms. The van der Waals surface area contributed by atoms with E-state index < -0.39 is 5.97 Å². The van der Waals surface area contributed by atoms with Gasteiger partial charge in [-0.25, -0.2) is 0 Å². The second-order valence-corrected chi connectivity index (χ2v) is 18.7. The van der Waals surface area contributed by atoms with Crippen molar-refractivity contribution in [3.63, 3.8) is 0 Å². The number of carboxylic acid groups (broad SMARTS) is 1. The van der Waals surface area contributed by atoms with Gasteiger partial charge in [-0.05, 0) is 44.9 Å². The van der Waals surface area contributed by atoms with Gasteiger partial charge in [0.2, 0.25) is 0 Å². The molecule has 0 aliphatic heterocycles. The van der Waals surface area contributed by atoms with Gasteiger partial charge in [0.05, 0.1) is 0 Å². The molecule has 0 radical (unpaired) electrons. The lowest BCUT2D eigenvalue weighted by Gasteiger charge is -2.11. The minimum absolute atomic E-state index is 0.332. The predicted molar refractivity (Wildman–Crippen MR) is 263 cm³/mol. The molecule has 0 aromatic rings. The van der Waals surface area contributed by atoms with Crippen molar-refractivity contribution < 1.29 is 9.90 Å². The van der Waals surface area contributed by atoms with E-state index in [0.29, 0.717) is 12.5 Å². The normalized spacial score (nSPS) is 11.5. The molecule has 348 valence electrons. The van der Waals surface area contributed by atoms with Gasteiger partial charge < -0.3 is 10.8 Å². The van der Waals surface area contributed by atoms with Crippen LogP contribution in [-0.2, 0) is 4.79 Å². The van der Waals surface area contributed by atoms with E-state index in [1.165, 1.54) is 289 Å². The molecule has 0 aromatic heterocycles. The molecule has 0 unspecified atom stereocenters. The number of allylic oxidation sites excluding steroid dienone is 2. The standard InChI is InChI=1S/C37H77N.C18H34O2/c1-3-5-7-9-11-13-15-17-19-21-23-25-27-29-31-33-35-37(38)36-34-32-30-28-26-24-22-20-18-16-14-12-10-8-6-4-2;1-2-3-4-5-6-7-8-9-10-11-12-13-14-15-16-17-18(19)20/h37H,3-36,38H2,1-2H3;9-10H,2-8,11-17H2,1H3,(H,19,20)/b;10-9-. The van der Waals surface area contributed by atoms with Gasteiger partial charge >= 0.3 is 5.97 Å². The third-order valence-corrected chi connectivity index (χ3v) is 12.5. The smallest absolute Gasteiger partial charge is 0.303 e. The van der Waals surface area contributed by atoms with Gasteiger partial charge in [-0.1, -0.05) is 290 Å². The number of carboxylic acids is 1. The van der Waals surface area contributed by atoms with E-state index in [1.807, 2.05) is 0 Å². The third-order valence-electron chi connectivity index (χ3n) is 12.5. The zero-order valence-corrected chi connectivity index (χ0v) is 40.6. The third kappa shape index (κ3) is 59.5. The van der Waals surface area contributed by atoms with Crippen LogP contribution >= 0.6 is 0 Å². The minimum atomic E-state index is -0.664. The Balaban J connectivity index is 0. The highest BCUT2D eigenvalue weighted by molar-refractivity contribution is 5.66. The summed E-state index contributed by atoms with van der Waals surface area (Å²) in [6.45, 7) is 6.87. The first-order valence-corrected chi connectivity index (χ1v) is 27.2. The van der Waals surface area contributed by atoms with Crippen molar-refractivity contribution >= 4 is 5.97 Å². The molecule has 58 heavy (non-hydrogen) atoms. The lowest BCUT2D eigenvalue weighted by molar-refractivity contribution is -0.137. The van der Waals surface area contributed by atoms with E-state index in [9.17, 15) is 4.79 Å². The molecule has 0 saturated heterocycles. The molecule has 0 aliphatic carbocycles. The van der Waals surface area contributed by atoms with Gasteiger partial charge in [-0.2, -0.15) is 0 Å². The maximum atomic E-state index is 10.3. The van der Waals surface area contributed by atoms with Crippen molar-refractivity contribution in [1.82, 2.24) is 0 Å². The second-order valence-electron chi connectivity index (χ2n) is 18.7. The van der Waals surface area contributed by atoms with Crippen LogP contribution in [0.25, 0.3) is 0 Å². The topological polar surface area (TPSA) is 63.3 Å². The Bertz CT molecular complexity index is 714. The summed E-state index contributed by atoms with van der Waals surface area (Å²) in [4.78, 5) is 10.3. The molecular weight excluding hydrogens is 707 g/mol. The summed E-state index contributed by atoms with van der Waals surface area (Å²) in [6.07, 6.45) is 70.1. The van der Waals surface area contributed by atoms with Gasteiger partial charge in [0, 0.05) is 12.5 Å². The first kappa shape index (κ1) is 59.3. The predicted octanol–water partition coefficient (Wildman–Crippen LogP) is 19.7. The SMILES string of the molecule is CCCCCCCC/C=C\CCCCCCCC(=O)O.CCCCCCCCCCCCCCCCCCC(N)CCCCCCCCCCCCCCCCCC. The molecule has 0 fully saturated rings. The summed E-state index contributed by atoms with van der Waals surface area (Å²) in [6, 6.07) is 0.466. The number of hydrogen-bond acceptors (Lipinski definition) is 2. The number of aliphatic carboxylic acids is 1. The zero-order chi connectivity index (χ0) is 42.5. The van der Waals surface area contributed by atoms with Gasteiger partial charge in [-0.15, -0.1) is 0 Å². The Hall–Kier alpha value is -0.830. The van der Waals surface area contributed by atoms with Crippen molar-refractivity contribution in [2.75, 3.05) is 0 Å². The van der Waals surface area contributed by atoms with Crippen molar-refractivity contribution in [1.29, 1.82) is 0 Å². The molecule has 0 saturated carbocycles. The van der Waals surface area contributed by atoms with Crippen LogP contribution < -0.4 is 5.73 Å². The van der Waals surface area contributed by atoms with Crippen molar-refractivity contribution in [2.24, 2.45) is 5.73 Å². The number of carbonyl (C=O) groups is 1. The lowest BCUT2D eigenvalue weighted by atomic mass is 10.00. The fourth-order valence-electron chi connectivity index (χ4n) is 8.40. The van der Waals surface area contributed by atoms with E-state index >= 15 is 0 Å². The quantitative estimate of drug-likeness (QED) is 0.0475. The van der Waals surface area contributed by atoms with Gasteiger partial charge in [0.15, 0.2) is 0 Å². The average Bonchev–Trinajstić information content (AvgIpc) is 3.22. The Morgan fingerprint density at radius 3 is 0.793 bits per heavy atom. The van der Waals surface area contributed by atoms with Crippen molar-refractivity contribution in [3.8, 4) is 0 Å². The molecule has 0 amide bonds. The van der Waals surface area contributed by atoms with E-state index in [-0.39, 0.29) is 0 Å².